The summed E-state index contributed by atoms with van der Waals surface area (Å²) in [5.41, 5.74) is 2.01. The van der Waals surface area contributed by atoms with E-state index in [1.807, 2.05) is 4.57 Å². The van der Waals surface area contributed by atoms with Crippen molar-refractivity contribution in [2.24, 2.45) is 0 Å². The lowest BCUT2D eigenvalue weighted by atomic mass is 10.1. The molecule has 0 saturated heterocycles. The number of anilines is 2. The van der Waals surface area contributed by atoms with Crippen molar-refractivity contribution in [2.75, 3.05) is 18.5 Å². The number of imidazole rings is 1. The number of carbonyl (C=O) groups is 1. The predicted octanol–water partition coefficient (Wildman–Crippen LogP) is 2.91. The Morgan fingerprint density at radius 2 is 1.68 bits per heavy atom. The first-order valence-electron chi connectivity index (χ1n) is 8.81. The molecule has 1 amide bonds. The van der Waals surface area contributed by atoms with Gasteiger partial charge >= 0.3 is 0 Å². The molecule has 1 aliphatic heterocycles. The summed E-state index contributed by atoms with van der Waals surface area (Å²) in [5, 5.41) is 12.4. The highest BCUT2D eigenvalue weighted by Crippen LogP contribution is 2.33. The van der Waals surface area contributed by atoms with Gasteiger partial charge in [0.05, 0.1) is 6.54 Å². The molecule has 144 valence electrons. The Balaban J connectivity index is 1.76. The Kier molecular flexibility index (Phi) is 4.79. The molecule has 28 heavy (non-hydrogen) atoms. The second kappa shape index (κ2) is 7.40. The molecule has 0 atom stereocenters. The van der Waals surface area contributed by atoms with Gasteiger partial charge in [-0.3, -0.25) is 4.79 Å². The lowest BCUT2D eigenvalue weighted by molar-refractivity contribution is -0.135. The largest absolute Gasteiger partial charge is 0.387 e. The zero-order chi connectivity index (χ0) is 19.7. The third kappa shape index (κ3) is 3.46. The van der Waals surface area contributed by atoms with E-state index in [1.165, 1.54) is 24.3 Å². The van der Waals surface area contributed by atoms with Gasteiger partial charge in [0.15, 0.2) is 0 Å². The third-order valence-corrected chi connectivity index (χ3v) is 4.69. The maximum atomic E-state index is 13.3. The van der Waals surface area contributed by atoms with Crippen molar-refractivity contribution in [1.29, 1.82) is 0 Å². The van der Waals surface area contributed by atoms with Crippen LogP contribution in [0.25, 0.3) is 11.3 Å². The smallest absolute Gasteiger partial charge is 0.248 e. The Labute approximate surface area is 160 Å². The lowest BCUT2D eigenvalue weighted by Crippen LogP contribution is -2.40. The first-order valence-corrected chi connectivity index (χ1v) is 8.81. The van der Waals surface area contributed by atoms with Crippen LogP contribution in [-0.2, 0) is 17.9 Å². The number of rotatable bonds is 4. The zero-order valence-electron chi connectivity index (χ0n) is 14.9. The molecular weight excluding hydrogens is 366 g/mol. The molecule has 0 aliphatic carbocycles. The van der Waals surface area contributed by atoms with Crippen LogP contribution in [0.3, 0.4) is 0 Å². The fraction of sp³-hybridized carbons (Fsp3) is 0.200. The molecule has 4 rings (SSSR count). The van der Waals surface area contributed by atoms with E-state index in [1.54, 1.807) is 29.2 Å². The van der Waals surface area contributed by atoms with Crippen molar-refractivity contribution in [2.45, 2.75) is 13.1 Å². The number of aromatic nitrogens is 2. The standard InChI is InChI=1S/C20H18F2N4O2/c21-14-3-1-13(2-4-14)19-20(23-16-7-5-15(22)6-8-16)26-10-9-25(18(28)12-27)11-17(26)24-19/h1-8,23,27H,9-12H2. The van der Waals surface area contributed by atoms with Gasteiger partial charge in [0.25, 0.3) is 0 Å². The summed E-state index contributed by atoms with van der Waals surface area (Å²) < 4.78 is 28.5. The maximum absolute atomic E-state index is 13.3. The number of hydrogen-bond donors (Lipinski definition) is 2. The van der Waals surface area contributed by atoms with Crippen LogP contribution in [0, 0.1) is 11.6 Å². The Morgan fingerprint density at radius 3 is 2.32 bits per heavy atom. The highest BCUT2D eigenvalue weighted by Gasteiger charge is 2.26. The minimum atomic E-state index is -0.549. The summed E-state index contributed by atoms with van der Waals surface area (Å²) in [4.78, 5) is 18.0. The number of halogens is 2. The van der Waals surface area contributed by atoms with E-state index in [2.05, 4.69) is 10.3 Å². The number of carbonyl (C=O) groups excluding carboxylic acids is 1. The minimum absolute atomic E-state index is 0.263. The normalized spacial score (nSPS) is 13.3. The van der Waals surface area contributed by atoms with Crippen molar-refractivity contribution >= 4 is 17.4 Å². The quantitative estimate of drug-likeness (QED) is 0.726. The van der Waals surface area contributed by atoms with Crippen LogP contribution in [0.5, 0.6) is 0 Å². The van der Waals surface area contributed by atoms with E-state index in [0.717, 1.165) is 0 Å². The first kappa shape index (κ1) is 18.1. The lowest BCUT2D eigenvalue weighted by Gasteiger charge is -2.28. The molecular formula is C20H18F2N4O2. The molecule has 0 bridgehead atoms. The van der Waals surface area contributed by atoms with E-state index < -0.39 is 6.61 Å². The number of nitrogens with zero attached hydrogens (tertiary/aromatic N) is 3. The van der Waals surface area contributed by atoms with Gasteiger partial charge in [0.1, 0.15) is 35.6 Å². The van der Waals surface area contributed by atoms with Crippen LogP contribution < -0.4 is 5.32 Å². The molecule has 8 heteroatoms. The summed E-state index contributed by atoms with van der Waals surface area (Å²) in [6.45, 7) is 0.632. The number of amides is 1. The minimum Gasteiger partial charge on any atom is -0.387 e. The van der Waals surface area contributed by atoms with Crippen molar-refractivity contribution in [3.8, 4) is 11.3 Å². The van der Waals surface area contributed by atoms with Gasteiger partial charge in [0, 0.05) is 24.3 Å². The average Bonchev–Trinajstić information content (AvgIpc) is 3.07. The molecule has 0 saturated carbocycles. The maximum Gasteiger partial charge on any atom is 0.248 e. The van der Waals surface area contributed by atoms with Gasteiger partial charge in [-0.15, -0.1) is 0 Å². The topological polar surface area (TPSA) is 70.4 Å². The Morgan fingerprint density at radius 1 is 1.04 bits per heavy atom. The summed E-state index contributed by atoms with van der Waals surface area (Å²) in [7, 11) is 0. The molecule has 1 aliphatic rings. The van der Waals surface area contributed by atoms with E-state index in [9.17, 15) is 13.6 Å². The van der Waals surface area contributed by atoms with Gasteiger partial charge in [0.2, 0.25) is 5.91 Å². The number of hydrogen-bond acceptors (Lipinski definition) is 4. The number of fused-ring (bicyclic) bond motifs is 1. The summed E-state index contributed by atoms with van der Waals surface area (Å²) in [6, 6.07) is 11.9. The van der Waals surface area contributed by atoms with Crippen LogP contribution in [-0.4, -0.2) is 38.6 Å². The SMILES string of the molecule is O=C(CO)N1CCn2c(nc(-c3ccc(F)cc3)c2Nc2ccc(F)cc2)C1. The van der Waals surface area contributed by atoms with E-state index in [4.69, 9.17) is 5.11 Å². The molecule has 0 radical (unpaired) electrons. The van der Waals surface area contributed by atoms with Crippen molar-refractivity contribution in [1.82, 2.24) is 14.5 Å². The van der Waals surface area contributed by atoms with Crippen molar-refractivity contribution in [3.63, 3.8) is 0 Å². The number of aliphatic hydroxyl groups excluding tert-OH is 1. The first-order chi connectivity index (χ1) is 13.5. The van der Waals surface area contributed by atoms with E-state index in [-0.39, 0.29) is 24.1 Å². The van der Waals surface area contributed by atoms with Crippen LogP contribution >= 0.6 is 0 Å². The van der Waals surface area contributed by atoms with Crippen LogP contribution in [0.2, 0.25) is 0 Å². The van der Waals surface area contributed by atoms with Gasteiger partial charge in [-0.1, -0.05) is 0 Å². The van der Waals surface area contributed by atoms with Crippen LogP contribution in [0.4, 0.5) is 20.3 Å². The molecule has 2 aromatic carbocycles. The number of benzene rings is 2. The highest BCUT2D eigenvalue weighted by molar-refractivity contribution is 5.79. The summed E-state index contributed by atoms with van der Waals surface area (Å²) >= 11 is 0. The fourth-order valence-electron chi connectivity index (χ4n) is 3.25. The van der Waals surface area contributed by atoms with Gasteiger partial charge in [-0.05, 0) is 48.5 Å². The highest BCUT2D eigenvalue weighted by atomic mass is 19.1. The second-order valence-corrected chi connectivity index (χ2v) is 6.49. The zero-order valence-corrected chi connectivity index (χ0v) is 14.9. The van der Waals surface area contributed by atoms with Gasteiger partial charge in [-0.2, -0.15) is 0 Å². The predicted molar refractivity (Wildman–Crippen MR) is 99.8 cm³/mol. The monoisotopic (exact) mass is 384 g/mol. The van der Waals surface area contributed by atoms with Gasteiger partial charge in [-0.25, -0.2) is 13.8 Å². The molecule has 0 fully saturated rings. The molecule has 1 aromatic heterocycles. The van der Waals surface area contributed by atoms with Crippen LogP contribution in [0.15, 0.2) is 48.5 Å². The second-order valence-electron chi connectivity index (χ2n) is 6.49. The van der Waals surface area contributed by atoms with Crippen molar-refractivity contribution < 1.29 is 18.7 Å². The molecule has 2 heterocycles. The summed E-state index contributed by atoms with van der Waals surface area (Å²) in [5.74, 6) is 0.296. The molecule has 6 nitrogen and oxygen atoms in total. The summed E-state index contributed by atoms with van der Waals surface area (Å²) in [6.07, 6.45) is 0. The number of nitrogens with one attached hydrogen (secondary N) is 1. The average molecular weight is 384 g/mol. The molecule has 0 unspecified atom stereocenters. The van der Waals surface area contributed by atoms with Crippen LogP contribution in [0.1, 0.15) is 5.82 Å². The molecule has 3 aromatic rings. The third-order valence-electron chi connectivity index (χ3n) is 4.69. The van der Waals surface area contributed by atoms with E-state index >= 15 is 0 Å². The molecule has 0 spiro atoms. The fourth-order valence-corrected chi connectivity index (χ4v) is 3.25. The Bertz CT molecular complexity index is 1000. The van der Waals surface area contributed by atoms with Gasteiger partial charge < -0.3 is 19.9 Å². The van der Waals surface area contributed by atoms with Crippen molar-refractivity contribution in [3.05, 3.63) is 66.0 Å². The molecule has 2 N–H and O–H groups in total. The Hall–Kier alpha value is -3.26. The number of aliphatic hydroxyl groups is 1. The van der Waals surface area contributed by atoms with E-state index in [0.29, 0.717) is 41.7 Å².